The maximum Gasteiger partial charge on any atom is 0.367 e. The summed E-state index contributed by atoms with van der Waals surface area (Å²) in [6, 6.07) is 0. The standard InChI is InChI=1S/C4H6FNO4S/c5-3-10-11(8,9)6-2-1-4(6)7/h1-3H2. The second kappa shape index (κ2) is 2.74. The van der Waals surface area contributed by atoms with Crippen molar-refractivity contribution in [1.29, 1.82) is 0 Å². The molecular formula is C4H6FNO4S. The molecule has 1 fully saturated rings. The van der Waals surface area contributed by atoms with Crippen molar-refractivity contribution < 1.29 is 21.8 Å². The smallest absolute Gasteiger partial charge is 0.274 e. The van der Waals surface area contributed by atoms with E-state index in [-0.39, 0.29) is 13.0 Å². The summed E-state index contributed by atoms with van der Waals surface area (Å²) in [5, 5.41) is 0. The van der Waals surface area contributed by atoms with Gasteiger partial charge in [-0.3, -0.25) is 4.79 Å². The number of alkyl halides is 1. The van der Waals surface area contributed by atoms with Crippen LogP contribution in [0.4, 0.5) is 4.39 Å². The Morgan fingerprint density at radius 3 is 2.55 bits per heavy atom. The monoisotopic (exact) mass is 183 g/mol. The summed E-state index contributed by atoms with van der Waals surface area (Å²) in [4.78, 5) is 10.5. The summed E-state index contributed by atoms with van der Waals surface area (Å²) in [6.45, 7) is -1.35. The molecule has 0 unspecified atom stereocenters. The van der Waals surface area contributed by atoms with Crippen molar-refractivity contribution in [3.8, 4) is 0 Å². The summed E-state index contributed by atoms with van der Waals surface area (Å²) < 4.78 is 36.9. The molecule has 0 spiro atoms. The molecule has 1 aliphatic rings. The van der Waals surface area contributed by atoms with E-state index < -0.39 is 23.1 Å². The number of hydrogen-bond acceptors (Lipinski definition) is 4. The lowest BCUT2D eigenvalue weighted by Crippen LogP contribution is -2.47. The fourth-order valence-corrected chi connectivity index (χ4v) is 1.55. The van der Waals surface area contributed by atoms with Crippen LogP contribution < -0.4 is 0 Å². The van der Waals surface area contributed by atoms with Gasteiger partial charge in [0.2, 0.25) is 12.8 Å². The highest BCUT2D eigenvalue weighted by atomic mass is 32.2. The lowest BCUT2D eigenvalue weighted by molar-refractivity contribution is -0.133. The molecule has 1 aliphatic heterocycles. The molecule has 1 rings (SSSR count). The Morgan fingerprint density at radius 2 is 2.27 bits per heavy atom. The number of β-lactam (4-membered cyclic amide) rings is 1. The van der Waals surface area contributed by atoms with E-state index in [1.54, 1.807) is 0 Å². The normalized spacial score (nSPS) is 18.3. The molecule has 0 bridgehead atoms. The van der Waals surface area contributed by atoms with Gasteiger partial charge in [-0.15, -0.1) is 0 Å². The Labute approximate surface area is 63.0 Å². The molecule has 0 aromatic rings. The van der Waals surface area contributed by atoms with Crippen LogP contribution in [0.25, 0.3) is 0 Å². The topological polar surface area (TPSA) is 63.7 Å². The van der Waals surface area contributed by atoms with Gasteiger partial charge in [-0.2, -0.15) is 8.42 Å². The van der Waals surface area contributed by atoms with Crippen LogP contribution >= 0.6 is 0 Å². The molecule has 1 saturated heterocycles. The largest absolute Gasteiger partial charge is 0.367 e. The van der Waals surface area contributed by atoms with Crippen molar-refractivity contribution in [2.75, 3.05) is 13.4 Å². The first kappa shape index (κ1) is 8.41. The van der Waals surface area contributed by atoms with Crippen LogP contribution in [0, 0.1) is 0 Å². The highest BCUT2D eigenvalue weighted by Crippen LogP contribution is 2.15. The predicted octanol–water partition coefficient (Wildman–Crippen LogP) is -0.593. The van der Waals surface area contributed by atoms with E-state index in [9.17, 15) is 17.6 Å². The molecule has 5 nitrogen and oxygen atoms in total. The molecule has 0 saturated carbocycles. The number of amides is 1. The second-order valence-electron chi connectivity index (χ2n) is 1.90. The Balaban J connectivity index is 2.65. The molecule has 0 aromatic carbocycles. The Morgan fingerprint density at radius 1 is 1.64 bits per heavy atom. The zero-order chi connectivity index (χ0) is 8.48. The number of halogens is 1. The minimum absolute atomic E-state index is 0.0845. The van der Waals surface area contributed by atoms with Crippen LogP contribution in [-0.4, -0.2) is 32.0 Å². The zero-order valence-electron chi connectivity index (χ0n) is 5.49. The van der Waals surface area contributed by atoms with Gasteiger partial charge in [0.05, 0.1) is 0 Å². The van der Waals surface area contributed by atoms with Crippen LogP contribution in [0.3, 0.4) is 0 Å². The second-order valence-corrected chi connectivity index (χ2v) is 3.43. The molecule has 0 aliphatic carbocycles. The average Bonchev–Trinajstić information content (AvgIpc) is 1.83. The minimum atomic E-state index is -4.11. The average molecular weight is 183 g/mol. The van der Waals surface area contributed by atoms with Gasteiger partial charge in [0.1, 0.15) is 0 Å². The summed E-state index contributed by atoms with van der Waals surface area (Å²) in [5.74, 6) is -0.557. The molecule has 0 atom stereocenters. The molecule has 0 radical (unpaired) electrons. The van der Waals surface area contributed by atoms with Crippen molar-refractivity contribution in [2.45, 2.75) is 6.42 Å². The van der Waals surface area contributed by atoms with Gasteiger partial charge in [0.25, 0.3) is 0 Å². The summed E-state index contributed by atoms with van der Waals surface area (Å²) in [6.07, 6.45) is 0.175. The van der Waals surface area contributed by atoms with Crippen LogP contribution in [0.5, 0.6) is 0 Å². The van der Waals surface area contributed by atoms with Crippen LogP contribution in [0.1, 0.15) is 6.42 Å². The highest BCUT2D eigenvalue weighted by molar-refractivity contribution is 7.85. The van der Waals surface area contributed by atoms with E-state index in [0.717, 1.165) is 0 Å². The van der Waals surface area contributed by atoms with Crippen LogP contribution in [0.2, 0.25) is 0 Å². The summed E-state index contributed by atoms with van der Waals surface area (Å²) in [5.41, 5.74) is 0. The zero-order valence-corrected chi connectivity index (χ0v) is 6.30. The van der Waals surface area contributed by atoms with Gasteiger partial charge in [-0.25, -0.2) is 12.9 Å². The molecule has 1 amide bonds. The third-order valence-electron chi connectivity index (χ3n) is 1.27. The maximum atomic E-state index is 11.4. The number of rotatable bonds is 3. The first-order valence-electron chi connectivity index (χ1n) is 2.84. The van der Waals surface area contributed by atoms with Crippen molar-refractivity contribution in [3.63, 3.8) is 0 Å². The molecule has 0 N–H and O–H groups in total. The first-order chi connectivity index (χ1) is 5.08. The van der Waals surface area contributed by atoms with E-state index >= 15 is 0 Å². The number of carbonyl (C=O) groups excluding carboxylic acids is 1. The fourth-order valence-electron chi connectivity index (χ4n) is 0.651. The van der Waals surface area contributed by atoms with Gasteiger partial charge in [-0.05, 0) is 0 Å². The van der Waals surface area contributed by atoms with Crippen LogP contribution in [-0.2, 0) is 19.3 Å². The molecule has 0 aromatic heterocycles. The van der Waals surface area contributed by atoms with Crippen molar-refractivity contribution >= 4 is 16.2 Å². The van der Waals surface area contributed by atoms with Gasteiger partial charge >= 0.3 is 10.3 Å². The number of hydrogen-bond donors (Lipinski definition) is 0. The van der Waals surface area contributed by atoms with E-state index in [1.165, 1.54) is 0 Å². The van der Waals surface area contributed by atoms with E-state index in [4.69, 9.17) is 0 Å². The maximum absolute atomic E-state index is 11.4. The van der Waals surface area contributed by atoms with Crippen molar-refractivity contribution in [1.82, 2.24) is 4.31 Å². The lowest BCUT2D eigenvalue weighted by Gasteiger charge is -2.27. The fraction of sp³-hybridized carbons (Fsp3) is 0.750. The predicted molar refractivity (Wildman–Crippen MR) is 32.3 cm³/mol. The third kappa shape index (κ3) is 1.48. The highest BCUT2D eigenvalue weighted by Gasteiger charge is 2.35. The Hall–Kier alpha value is -0.690. The lowest BCUT2D eigenvalue weighted by atomic mass is 10.3. The molecule has 7 heteroatoms. The molecular weight excluding hydrogens is 177 g/mol. The quantitative estimate of drug-likeness (QED) is 0.548. The van der Waals surface area contributed by atoms with Gasteiger partial charge < -0.3 is 0 Å². The number of nitrogens with zero attached hydrogens (tertiary/aromatic N) is 1. The Kier molecular flexibility index (Phi) is 2.10. The van der Waals surface area contributed by atoms with Crippen LogP contribution in [0.15, 0.2) is 0 Å². The van der Waals surface area contributed by atoms with E-state index in [0.29, 0.717) is 4.31 Å². The minimum Gasteiger partial charge on any atom is -0.274 e. The summed E-state index contributed by atoms with van der Waals surface area (Å²) >= 11 is 0. The number of carbonyl (C=O) groups is 1. The van der Waals surface area contributed by atoms with E-state index in [2.05, 4.69) is 4.18 Å². The van der Waals surface area contributed by atoms with Gasteiger partial charge in [-0.1, -0.05) is 0 Å². The molecule has 1 heterocycles. The van der Waals surface area contributed by atoms with Gasteiger partial charge in [0, 0.05) is 13.0 Å². The molecule has 11 heavy (non-hydrogen) atoms. The van der Waals surface area contributed by atoms with Gasteiger partial charge in [0.15, 0.2) is 0 Å². The van der Waals surface area contributed by atoms with E-state index in [1.807, 2.05) is 0 Å². The molecule has 64 valence electrons. The third-order valence-corrected chi connectivity index (χ3v) is 2.58. The SMILES string of the molecule is O=C1CCN1S(=O)(=O)OCF. The summed E-state index contributed by atoms with van der Waals surface area (Å²) in [7, 11) is -4.11. The van der Waals surface area contributed by atoms with Crippen molar-refractivity contribution in [2.24, 2.45) is 0 Å². The first-order valence-corrected chi connectivity index (χ1v) is 4.20. The van der Waals surface area contributed by atoms with Crippen molar-refractivity contribution in [3.05, 3.63) is 0 Å². The Bertz CT molecular complexity index is 261.